The van der Waals surface area contributed by atoms with Crippen LogP contribution in [0.3, 0.4) is 0 Å². The lowest BCUT2D eigenvalue weighted by molar-refractivity contribution is -0.167. The fourth-order valence-corrected chi connectivity index (χ4v) is 6.38. The first kappa shape index (κ1) is 30.3. The van der Waals surface area contributed by atoms with E-state index in [0.717, 1.165) is 60.4 Å². The molecule has 230 valence electrons. The molecule has 0 radical (unpaired) electrons. The number of ether oxygens (including phenoxy) is 2. The maximum Gasteiger partial charge on any atom is 0.407 e. The van der Waals surface area contributed by atoms with Gasteiger partial charge in [0.1, 0.15) is 23.7 Å². The molecule has 1 amide bonds. The molecule has 1 fully saturated rings. The smallest absolute Gasteiger partial charge is 0.407 e. The lowest BCUT2D eigenvalue weighted by Gasteiger charge is -2.41. The van der Waals surface area contributed by atoms with Gasteiger partial charge in [0, 0.05) is 31.3 Å². The van der Waals surface area contributed by atoms with Gasteiger partial charge in [0.15, 0.2) is 5.82 Å². The van der Waals surface area contributed by atoms with Crippen LogP contribution in [-0.2, 0) is 28.8 Å². The van der Waals surface area contributed by atoms with Crippen LogP contribution in [0, 0.1) is 19.8 Å². The van der Waals surface area contributed by atoms with Crippen molar-refractivity contribution in [3.8, 4) is 5.75 Å². The zero-order chi connectivity index (χ0) is 30.7. The maximum atomic E-state index is 13.5. The minimum Gasteiger partial charge on any atom is -0.512 e. The normalized spacial score (nSPS) is 19.2. The number of carboxylic acid groups (broad SMARTS) is 1. The van der Waals surface area contributed by atoms with Gasteiger partial charge in [-0.1, -0.05) is 31.9 Å². The summed E-state index contributed by atoms with van der Waals surface area (Å²) in [5.74, 6) is 1.37. The van der Waals surface area contributed by atoms with Crippen LogP contribution in [0.25, 0.3) is 5.78 Å². The molecular weight excluding hydrogens is 550 g/mol. The van der Waals surface area contributed by atoms with Gasteiger partial charge in [-0.05, 0) is 75.1 Å². The molecule has 3 heterocycles. The van der Waals surface area contributed by atoms with Gasteiger partial charge in [0.2, 0.25) is 0 Å². The Balaban J connectivity index is 1.32. The first-order valence-corrected chi connectivity index (χ1v) is 15.1. The molecule has 1 unspecified atom stereocenters. The highest BCUT2D eigenvalue weighted by molar-refractivity contribution is 5.90. The maximum absolute atomic E-state index is 13.5. The second-order valence-electron chi connectivity index (χ2n) is 11.8. The molecule has 2 N–H and O–H groups in total. The summed E-state index contributed by atoms with van der Waals surface area (Å²) in [7, 11) is 1.51. The molecule has 2 aromatic heterocycles. The van der Waals surface area contributed by atoms with E-state index in [4.69, 9.17) is 14.6 Å². The van der Waals surface area contributed by atoms with E-state index >= 15 is 0 Å². The van der Waals surface area contributed by atoms with Crippen LogP contribution in [0.4, 0.5) is 4.79 Å². The summed E-state index contributed by atoms with van der Waals surface area (Å²) in [5.41, 5.74) is 3.30. The summed E-state index contributed by atoms with van der Waals surface area (Å²) in [4.78, 5) is 34.6. The molecular formula is C32H41N5O6. The molecule has 1 atom stereocenters. The number of carbonyl (C=O) groups excluding carboxylic acids is 1. The number of esters is 1. The van der Waals surface area contributed by atoms with E-state index in [1.54, 1.807) is 4.52 Å². The summed E-state index contributed by atoms with van der Waals surface area (Å²) in [6, 6.07) is 7.96. The summed E-state index contributed by atoms with van der Waals surface area (Å²) >= 11 is 0. The molecule has 0 spiro atoms. The van der Waals surface area contributed by atoms with E-state index in [2.05, 4.69) is 28.1 Å². The number of cyclic esters (lactones) is 1. The Hall–Kier alpha value is -4.15. The molecule has 11 nitrogen and oxygen atoms in total. The predicted molar refractivity (Wildman–Crippen MR) is 159 cm³/mol. The van der Waals surface area contributed by atoms with Gasteiger partial charge in [-0.15, -0.1) is 5.10 Å². The lowest BCUT2D eigenvalue weighted by Crippen LogP contribution is -2.46. The van der Waals surface area contributed by atoms with Crippen molar-refractivity contribution in [2.75, 3.05) is 20.2 Å². The molecule has 5 rings (SSSR count). The summed E-state index contributed by atoms with van der Waals surface area (Å²) < 4.78 is 13.9. The number of hydrogen-bond donors (Lipinski definition) is 2. The van der Waals surface area contributed by atoms with Gasteiger partial charge in [-0.3, -0.25) is 0 Å². The van der Waals surface area contributed by atoms with E-state index in [1.165, 1.54) is 11.9 Å². The van der Waals surface area contributed by atoms with Crippen LogP contribution in [0.1, 0.15) is 73.8 Å². The molecule has 1 aliphatic heterocycles. The topological polar surface area (TPSA) is 139 Å². The molecule has 1 saturated carbocycles. The quantitative estimate of drug-likeness (QED) is 0.290. The van der Waals surface area contributed by atoms with Gasteiger partial charge < -0.3 is 24.6 Å². The Bertz CT molecular complexity index is 1540. The third-order valence-electron chi connectivity index (χ3n) is 8.81. The van der Waals surface area contributed by atoms with Gasteiger partial charge >= 0.3 is 12.1 Å². The monoisotopic (exact) mass is 591 g/mol. The molecule has 43 heavy (non-hydrogen) atoms. The highest BCUT2D eigenvalue weighted by Gasteiger charge is 2.48. The highest BCUT2D eigenvalue weighted by Crippen LogP contribution is 2.46. The largest absolute Gasteiger partial charge is 0.512 e. The Kier molecular flexibility index (Phi) is 8.89. The molecule has 2 aliphatic rings. The second kappa shape index (κ2) is 12.6. The third-order valence-corrected chi connectivity index (χ3v) is 8.81. The number of rotatable bonds is 11. The van der Waals surface area contributed by atoms with Gasteiger partial charge in [0.25, 0.3) is 5.78 Å². The number of carbonyl (C=O) groups is 2. The van der Waals surface area contributed by atoms with Crippen LogP contribution >= 0.6 is 0 Å². The summed E-state index contributed by atoms with van der Waals surface area (Å²) in [6.45, 7) is 6.42. The Morgan fingerprint density at radius 2 is 1.98 bits per heavy atom. The predicted octanol–water partition coefficient (Wildman–Crippen LogP) is 5.16. The Morgan fingerprint density at radius 3 is 2.67 bits per heavy atom. The Morgan fingerprint density at radius 1 is 1.21 bits per heavy atom. The first-order valence-electron chi connectivity index (χ1n) is 15.1. The highest BCUT2D eigenvalue weighted by atomic mass is 16.6. The first-order chi connectivity index (χ1) is 20.6. The average Bonchev–Trinajstić information content (AvgIpc) is 3.65. The molecule has 0 saturated heterocycles. The SMILES string of the molecule is CCc1cc(CCC2(C3CCCC3)CC(O)=C(Cc3nc4nc(C)cc(C)n4n3)C(=O)O2)ccc1OCCN(C)C(=O)O. The van der Waals surface area contributed by atoms with E-state index in [1.807, 2.05) is 32.0 Å². The van der Waals surface area contributed by atoms with Crippen molar-refractivity contribution in [1.82, 2.24) is 24.5 Å². The fraction of sp³-hybridized carbons (Fsp3) is 0.531. The van der Waals surface area contributed by atoms with Crippen molar-refractivity contribution >= 4 is 17.8 Å². The molecule has 1 aliphatic carbocycles. The molecule has 3 aromatic rings. The molecule has 11 heteroatoms. The number of likely N-dealkylation sites (N-methyl/N-ethyl adjacent to an activating group) is 1. The van der Waals surface area contributed by atoms with Crippen molar-refractivity contribution < 1.29 is 29.3 Å². The number of benzene rings is 1. The summed E-state index contributed by atoms with van der Waals surface area (Å²) in [5, 5.41) is 24.9. The van der Waals surface area contributed by atoms with E-state index in [0.29, 0.717) is 24.4 Å². The van der Waals surface area contributed by atoms with Gasteiger partial charge in [0.05, 0.1) is 12.1 Å². The van der Waals surface area contributed by atoms with Gasteiger partial charge in [-0.2, -0.15) is 4.98 Å². The average molecular weight is 592 g/mol. The van der Waals surface area contributed by atoms with Crippen LogP contribution in [0.2, 0.25) is 0 Å². The van der Waals surface area contributed by atoms with Crippen molar-refractivity contribution in [1.29, 1.82) is 0 Å². The van der Waals surface area contributed by atoms with Crippen molar-refractivity contribution in [3.05, 3.63) is 63.9 Å². The number of nitrogens with zero attached hydrogens (tertiary/aromatic N) is 5. The van der Waals surface area contributed by atoms with Crippen LogP contribution in [0.15, 0.2) is 35.6 Å². The van der Waals surface area contributed by atoms with E-state index in [-0.39, 0.29) is 43.2 Å². The minimum atomic E-state index is -0.989. The molecule has 0 bridgehead atoms. The van der Waals surface area contributed by atoms with E-state index < -0.39 is 17.7 Å². The number of amides is 1. The second-order valence-corrected chi connectivity index (χ2v) is 11.8. The minimum absolute atomic E-state index is 0.0622. The zero-order valence-electron chi connectivity index (χ0n) is 25.4. The fourth-order valence-electron chi connectivity index (χ4n) is 6.38. The third kappa shape index (κ3) is 6.60. The Labute approximate surface area is 251 Å². The van der Waals surface area contributed by atoms with Crippen molar-refractivity contribution in [3.63, 3.8) is 0 Å². The van der Waals surface area contributed by atoms with Crippen molar-refractivity contribution in [2.24, 2.45) is 5.92 Å². The van der Waals surface area contributed by atoms with Crippen LogP contribution < -0.4 is 4.74 Å². The standard InChI is InChI=1S/C32H41N5O6/c1-5-23-17-22(10-11-27(23)42-15-14-36(4)31(40)41)12-13-32(24-8-6-7-9-24)19-26(38)25(29(39)43-32)18-28-34-30-33-20(2)16-21(3)37(30)35-28/h10-11,16-17,24,38H,5-9,12-15,18-19H2,1-4H3,(H,40,41). The number of aliphatic hydroxyl groups excluding tert-OH is 1. The van der Waals surface area contributed by atoms with Crippen molar-refractivity contribution in [2.45, 2.75) is 84.2 Å². The van der Waals surface area contributed by atoms with Crippen LogP contribution in [-0.4, -0.2) is 72.6 Å². The van der Waals surface area contributed by atoms with Gasteiger partial charge in [-0.25, -0.2) is 19.1 Å². The number of aromatic nitrogens is 4. The zero-order valence-corrected chi connectivity index (χ0v) is 25.4. The molecule has 1 aromatic carbocycles. The number of aliphatic hydroxyl groups is 1. The van der Waals surface area contributed by atoms with Crippen LogP contribution in [0.5, 0.6) is 5.75 Å². The number of aryl methyl sites for hydroxylation is 4. The summed E-state index contributed by atoms with van der Waals surface area (Å²) in [6.07, 6.45) is 5.51. The lowest BCUT2D eigenvalue weighted by atomic mass is 9.76. The number of fused-ring (bicyclic) bond motifs is 1. The van der Waals surface area contributed by atoms with E-state index in [9.17, 15) is 14.7 Å². The number of hydrogen-bond acceptors (Lipinski definition) is 8.